The van der Waals surface area contributed by atoms with Gasteiger partial charge in [-0.15, -0.1) is 0 Å². The van der Waals surface area contributed by atoms with Gasteiger partial charge < -0.3 is 9.88 Å². The number of nitrogens with one attached hydrogen (secondary N) is 1. The van der Waals surface area contributed by atoms with Gasteiger partial charge in [0.25, 0.3) is 0 Å². The molecule has 1 atom stereocenters. The van der Waals surface area contributed by atoms with Gasteiger partial charge in [0.1, 0.15) is 5.82 Å². The molecule has 1 aromatic carbocycles. The zero-order chi connectivity index (χ0) is 13.8. The molecule has 3 heteroatoms. The van der Waals surface area contributed by atoms with Crippen LogP contribution in [0.5, 0.6) is 0 Å². The van der Waals surface area contributed by atoms with Crippen LogP contribution in [0, 0.1) is 13.8 Å². The maximum atomic E-state index is 4.55. The molecule has 2 aromatic rings. The van der Waals surface area contributed by atoms with Gasteiger partial charge in [0.05, 0.1) is 6.04 Å². The van der Waals surface area contributed by atoms with Crippen molar-refractivity contribution >= 4 is 0 Å². The largest absolute Gasteiger partial charge is 0.334 e. The molecule has 0 amide bonds. The summed E-state index contributed by atoms with van der Waals surface area (Å²) in [5, 5.41) is 3.55. The third-order valence-electron chi connectivity index (χ3n) is 3.49. The maximum absolute atomic E-state index is 4.55. The Morgan fingerprint density at radius 3 is 2.68 bits per heavy atom. The molecule has 0 radical (unpaired) electrons. The average molecular weight is 257 g/mol. The summed E-state index contributed by atoms with van der Waals surface area (Å²) in [6.45, 7) is 10.5. The molecule has 1 heterocycles. The van der Waals surface area contributed by atoms with E-state index < -0.39 is 0 Å². The molecule has 0 aliphatic heterocycles. The van der Waals surface area contributed by atoms with Gasteiger partial charge in [0.2, 0.25) is 0 Å². The second kappa shape index (κ2) is 6.02. The van der Waals surface area contributed by atoms with Crippen molar-refractivity contribution in [3.8, 4) is 0 Å². The van der Waals surface area contributed by atoms with E-state index in [-0.39, 0.29) is 6.04 Å². The van der Waals surface area contributed by atoms with Crippen LogP contribution in [0.1, 0.15) is 42.4 Å². The Labute approximate surface area is 115 Å². The van der Waals surface area contributed by atoms with Crippen molar-refractivity contribution in [1.29, 1.82) is 0 Å². The number of hydrogen-bond acceptors (Lipinski definition) is 2. The summed E-state index contributed by atoms with van der Waals surface area (Å²) in [4.78, 5) is 4.55. The van der Waals surface area contributed by atoms with Gasteiger partial charge in [-0.05, 0) is 38.4 Å². The molecule has 0 fully saturated rings. The van der Waals surface area contributed by atoms with Gasteiger partial charge in [-0.1, -0.05) is 30.7 Å². The SMILES string of the molecule is CCNC(c1ccc(C)cc1C)c1nccn1CC. The fraction of sp³-hybridized carbons (Fsp3) is 0.438. The third kappa shape index (κ3) is 2.87. The third-order valence-corrected chi connectivity index (χ3v) is 3.49. The number of aryl methyl sites for hydroxylation is 3. The van der Waals surface area contributed by atoms with E-state index in [2.05, 4.69) is 60.8 Å². The van der Waals surface area contributed by atoms with Crippen LogP contribution in [-0.2, 0) is 6.54 Å². The van der Waals surface area contributed by atoms with E-state index in [1.165, 1.54) is 16.7 Å². The second-order valence-corrected chi connectivity index (χ2v) is 4.92. The molecule has 0 saturated carbocycles. The van der Waals surface area contributed by atoms with Crippen LogP contribution in [0.2, 0.25) is 0 Å². The van der Waals surface area contributed by atoms with Crippen LogP contribution in [0.3, 0.4) is 0 Å². The Balaban J connectivity index is 2.45. The predicted molar refractivity (Wildman–Crippen MR) is 79.3 cm³/mol. The lowest BCUT2D eigenvalue weighted by atomic mass is 9.98. The van der Waals surface area contributed by atoms with Gasteiger partial charge in [-0.25, -0.2) is 4.98 Å². The van der Waals surface area contributed by atoms with Crippen molar-refractivity contribution in [3.05, 3.63) is 53.1 Å². The molecule has 0 aliphatic rings. The van der Waals surface area contributed by atoms with E-state index in [1.54, 1.807) is 0 Å². The predicted octanol–water partition coefficient (Wildman–Crippen LogP) is 3.22. The van der Waals surface area contributed by atoms with Crippen molar-refractivity contribution in [3.63, 3.8) is 0 Å². The summed E-state index contributed by atoms with van der Waals surface area (Å²) >= 11 is 0. The fourth-order valence-electron chi connectivity index (χ4n) is 2.54. The molecule has 0 aliphatic carbocycles. The molecule has 2 rings (SSSR count). The monoisotopic (exact) mass is 257 g/mol. The quantitative estimate of drug-likeness (QED) is 0.891. The molecule has 19 heavy (non-hydrogen) atoms. The number of rotatable bonds is 5. The molecular weight excluding hydrogens is 234 g/mol. The van der Waals surface area contributed by atoms with Crippen LogP contribution >= 0.6 is 0 Å². The van der Waals surface area contributed by atoms with Crippen molar-refractivity contribution in [2.24, 2.45) is 0 Å². The van der Waals surface area contributed by atoms with Crippen molar-refractivity contribution in [1.82, 2.24) is 14.9 Å². The summed E-state index contributed by atoms with van der Waals surface area (Å²) in [5.74, 6) is 1.09. The minimum absolute atomic E-state index is 0.167. The normalized spacial score (nSPS) is 12.6. The number of benzene rings is 1. The first-order valence-electron chi connectivity index (χ1n) is 6.98. The number of aromatic nitrogens is 2. The zero-order valence-electron chi connectivity index (χ0n) is 12.3. The Bertz CT molecular complexity index is 543. The molecule has 0 bridgehead atoms. The minimum atomic E-state index is 0.167. The second-order valence-electron chi connectivity index (χ2n) is 4.92. The molecule has 0 saturated heterocycles. The summed E-state index contributed by atoms with van der Waals surface area (Å²) in [6.07, 6.45) is 3.93. The van der Waals surface area contributed by atoms with Gasteiger partial charge in [0.15, 0.2) is 0 Å². The highest BCUT2D eigenvalue weighted by atomic mass is 15.1. The molecule has 1 unspecified atom stereocenters. The summed E-state index contributed by atoms with van der Waals surface area (Å²) in [5.41, 5.74) is 3.93. The van der Waals surface area contributed by atoms with E-state index >= 15 is 0 Å². The van der Waals surface area contributed by atoms with Crippen molar-refractivity contribution in [2.75, 3.05) is 6.54 Å². The maximum Gasteiger partial charge on any atom is 0.130 e. The van der Waals surface area contributed by atoms with Gasteiger partial charge in [0, 0.05) is 18.9 Å². The molecule has 1 N–H and O–H groups in total. The van der Waals surface area contributed by atoms with Crippen LogP contribution in [0.25, 0.3) is 0 Å². The van der Waals surface area contributed by atoms with Crippen LogP contribution in [0.15, 0.2) is 30.6 Å². The van der Waals surface area contributed by atoms with Gasteiger partial charge in [-0.3, -0.25) is 0 Å². The topological polar surface area (TPSA) is 29.9 Å². The smallest absolute Gasteiger partial charge is 0.130 e. The Morgan fingerprint density at radius 2 is 2.05 bits per heavy atom. The van der Waals surface area contributed by atoms with E-state index in [0.717, 1.165) is 18.9 Å². The Hall–Kier alpha value is -1.61. The molecule has 3 nitrogen and oxygen atoms in total. The van der Waals surface area contributed by atoms with Crippen LogP contribution in [-0.4, -0.2) is 16.1 Å². The lowest BCUT2D eigenvalue weighted by Crippen LogP contribution is -2.26. The zero-order valence-corrected chi connectivity index (χ0v) is 12.3. The van der Waals surface area contributed by atoms with E-state index in [0.29, 0.717) is 0 Å². The van der Waals surface area contributed by atoms with Crippen LogP contribution in [0.4, 0.5) is 0 Å². The van der Waals surface area contributed by atoms with Crippen molar-refractivity contribution < 1.29 is 0 Å². The van der Waals surface area contributed by atoms with Crippen LogP contribution < -0.4 is 5.32 Å². The number of imidazole rings is 1. The Kier molecular flexibility index (Phi) is 4.38. The molecule has 102 valence electrons. The minimum Gasteiger partial charge on any atom is -0.334 e. The highest BCUT2D eigenvalue weighted by Gasteiger charge is 2.19. The highest BCUT2D eigenvalue weighted by Crippen LogP contribution is 2.24. The summed E-state index contributed by atoms with van der Waals surface area (Å²) in [6, 6.07) is 6.79. The number of nitrogens with zero attached hydrogens (tertiary/aromatic N) is 2. The molecule has 0 spiro atoms. The average Bonchev–Trinajstić information content (AvgIpc) is 2.85. The van der Waals surface area contributed by atoms with Gasteiger partial charge in [-0.2, -0.15) is 0 Å². The van der Waals surface area contributed by atoms with E-state index in [4.69, 9.17) is 0 Å². The standard InChI is InChI=1S/C16H23N3/c1-5-17-15(16-18-9-10-19(16)6-2)14-8-7-12(3)11-13(14)4/h7-11,15,17H,5-6H2,1-4H3. The Morgan fingerprint density at radius 1 is 1.26 bits per heavy atom. The molecule has 1 aromatic heterocycles. The number of hydrogen-bond donors (Lipinski definition) is 1. The van der Waals surface area contributed by atoms with E-state index in [1.807, 2.05) is 12.4 Å². The lowest BCUT2D eigenvalue weighted by molar-refractivity contribution is 0.557. The van der Waals surface area contributed by atoms with Gasteiger partial charge >= 0.3 is 0 Å². The van der Waals surface area contributed by atoms with E-state index in [9.17, 15) is 0 Å². The molecular formula is C16H23N3. The first-order chi connectivity index (χ1) is 9.17. The fourth-order valence-corrected chi connectivity index (χ4v) is 2.54. The van der Waals surface area contributed by atoms with Crippen molar-refractivity contribution in [2.45, 2.75) is 40.3 Å². The summed E-state index contributed by atoms with van der Waals surface area (Å²) < 4.78 is 2.20. The first kappa shape index (κ1) is 13.8. The summed E-state index contributed by atoms with van der Waals surface area (Å²) in [7, 11) is 0. The lowest BCUT2D eigenvalue weighted by Gasteiger charge is -2.21. The highest BCUT2D eigenvalue weighted by molar-refractivity contribution is 5.36. The first-order valence-corrected chi connectivity index (χ1v) is 6.98.